The molecular formula is C21H27NO3. The van der Waals surface area contributed by atoms with Crippen molar-refractivity contribution in [3.05, 3.63) is 35.6 Å². The fraction of sp³-hybridized carbons (Fsp3) is 0.476. The lowest BCUT2D eigenvalue weighted by molar-refractivity contribution is -0.129. The van der Waals surface area contributed by atoms with Crippen LogP contribution in [-0.2, 0) is 4.79 Å². The molecule has 4 heteroatoms. The Labute approximate surface area is 149 Å². The highest BCUT2D eigenvalue weighted by atomic mass is 16.5. The fourth-order valence-electron chi connectivity index (χ4n) is 3.72. The van der Waals surface area contributed by atoms with Gasteiger partial charge < -0.3 is 14.1 Å². The number of allylic oxidation sites excluding steroid dienone is 1. The molecule has 1 atom stereocenters. The summed E-state index contributed by atoms with van der Waals surface area (Å²) in [5, 5.41) is 1.06. The number of piperidine rings is 1. The highest BCUT2D eigenvalue weighted by Gasteiger charge is 2.24. The van der Waals surface area contributed by atoms with Gasteiger partial charge in [-0.1, -0.05) is 6.92 Å². The number of aryl methyl sites for hydroxylation is 1. The molecule has 1 unspecified atom stereocenters. The number of furan rings is 1. The van der Waals surface area contributed by atoms with Gasteiger partial charge in [0.15, 0.2) is 0 Å². The molecule has 0 bridgehead atoms. The molecule has 1 saturated heterocycles. The lowest BCUT2D eigenvalue weighted by Gasteiger charge is -2.34. The van der Waals surface area contributed by atoms with Crippen LogP contribution in [-0.4, -0.2) is 30.5 Å². The number of amides is 1. The van der Waals surface area contributed by atoms with Crippen LogP contribution in [0.3, 0.4) is 0 Å². The van der Waals surface area contributed by atoms with E-state index in [1.165, 1.54) is 6.42 Å². The summed E-state index contributed by atoms with van der Waals surface area (Å²) in [7, 11) is 1.65. The van der Waals surface area contributed by atoms with Gasteiger partial charge in [0.05, 0.1) is 13.4 Å². The van der Waals surface area contributed by atoms with E-state index in [1.54, 1.807) is 19.4 Å². The molecule has 3 rings (SSSR count). The fourth-order valence-corrected chi connectivity index (χ4v) is 3.72. The average Bonchev–Trinajstić information content (AvgIpc) is 3.00. The molecule has 1 aromatic heterocycles. The van der Waals surface area contributed by atoms with Crippen LogP contribution in [0.25, 0.3) is 16.5 Å². The zero-order valence-corrected chi connectivity index (χ0v) is 15.6. The summed E-state index contributed by atoms with van der Waals surface area (Å²) in [6.45, 7) is 7.01. The maximum absolute atomic E-state index is 12.8. The predicted octanol–water partition coefficient (Wildman–Crippen LogP) is 4.94. The van der Waals surface area contributed by atoms with Crippen molar-refractivity contribution < 1.29 is 13.9 Å². The summed E-state index contributed by atoms with van der Waals surface area (Å²) in [5.41, 5.74) is 3.75. The Balaban J connectivity index is 1.94. The molecular weight excluding hydrogens is 314 g/mol. The molecule has 0 N–H and O–H groups in total. The van der Waals surface area contributed by atoms with E-state index >= 15 is 0 Å². The molecule has 0 aliphatic carbocycles. The number of carbonyl (C=O) groups is 1. The zero-order valence-electron chi connectivity index (χ0n) is 15.6. The number of likely N-dealkylation sites (tertiary alicyclic amines) is 1. The Morgan fingerprint density at radius 3 is 2.92 bits per heavy atom. The highest BCUT2D eigenvalue weighted by molar-refractivity contribution is 5.97. The Bertz CT molecular complexity index is 803. The third-order valence-corrected chi connectivity index (χ3v) is 5.24. The number of methoxy groups -OCH3 is 1. The van der Waals surface area contributed by atoms with Crippen LogP contribution in [0.1, 0.15) is 50.7 Å². The van der Waals surface area contributed by atoms with Gasteiger partial charge in [-0.15, -0.1) is 0 Å². The Morgan fingerprint density at radius 2 is 2.20 bits per heavy atom. The van der Waals surface area contributed by atoms with Gasteiger partial charge in [-0.3, -0.25) is 4.79 Å². The van der Waals surface area contributed by atoms with Crippen LogP contribution >= 0.6 is 0 Å². The highest BCUT2D eigenvalue weighted by Crippen LogP contribution is 2.33. The second-order valence-corrected chi connectivity index (χ2v) is 6.88. The number of ether oxygens (including phenoxy) is 1. The van der Waals surface area contributed by atoms with Crippen LogP contribution in [0.15, 0.2) is 28.9 Å². The number of hydrogen-bond donors (Lipinski definition) is 0. The standard InChI is InChI=1S/C21H27NO3/c1-5-16-8-6-7-9-22(16)21(23)10-14(2)17-11-18-15(3)13-25-20(18)12-19(17)24-4/h10-13,16H,5-9H2,1-4H3/b14-10+. The first-order chi connectivity index (χ1) is 12.0. The third-order valence-electron chi connectivity index (χ3n) is 5.24. The van der Waals surface area contributed by atoms with Gasteiger partial charge in [0.25, 0.3) is 0 Å². The number of carbonyl (C=O) groups excluding carboxylic acids is 1. The van der Waals surface area contributed by atoms with Crippen molar-refractivity contribution in [3.8, 4) is 5.75 Å². The van der Waals surface area contributed by atoms with E-state index in [-0.39, 0.29) is 5.91 Å². The number of rotatable bonds is 4. The van der Waals surface area contributed by atoms with E-state index in [2.05, 4.69) is 13.0 Å². The first kappa shape index (κ1) is 17.6. The summed E-state index contributed by atoms with van der Waals surface area (Å²) in [6, 6.07) is 4.32. The topological polar surface area (TPSA) is 42.7 Å². The number of nitrogens with zero attached hydrogens (tertiary/aromatic N) is 1. The smallest absolute Gasteiger partial charge is 0.247 e. The molecule has 2 aromatic rings. The Hall–Kier alpha value is -2.23. The molecule has 4 nitrogen and oxygen atoms in total. The minimum absolute atomic E-state index is 0.107. The van der Waals surface area contributed by atoms with Gasteiger partial charge in [-0.2, -0.15) is 0 Å². The van der Waals surface area contributed by atoms with Crippen LogP contribution < -0.4 is 4.74 Å². The molecule has 0 saturated carbocycles. The van der Waals surface area contributed by atoms with Crippen molar-refractivity contribution in [3.63, 3.8) is 0 Å². The van der Waals surface area contributed by atoms with Crippen molar-refractivity contribution in [2.75, 3.05) is 13.7 Å². The number of fused-ring (bicyclic) bond motifs is 1. The van der Waals surface area contributed by atoms with Crippen LogP contribution in [0.4, 0.5) is 0 Å². The van der Waals surface area contributed by atoms with E-state index in [4.69, 9.17) is 9.15 Å². The van der Waals surface area contributed by atoms with Gasteiger partial charge >= 0.3 is 0 Å². The first-order valence-electron chi connectivity index (χ1n) is 9.10. The number of hydrogen-bond acceptors (Lipinski definition) is 3. The molecule has 1 aliphatic rings. The van der Waals surface area contributed by atoms with Gasteiger partial charge in [0.1, 0.15) is 11.3 Å². The largest absolute Gasteiger partial charge is 0.496 e. The predicted molar refractivity (Wildman–Crippen MR) is 101 cm³/mol. The monoisotopic (exact) mass is 341 g/mol. The number of benzene rings is 1. The van der Waals surface area contributed by atoms with Crippen molar-refractivity contribution in [1.29, 1.82) is 0 Å². The molecule has 0 spiro atoms. The molecule has 134 valence electrons. The van der Waals surface area contributed by atoms with Gasteiger partial charge in [-0.25, -0.2) is 0 Å². The molecule has 0 radical (unpaired) electrons. The summed E-state index contributed by atoms with van der Waals surface area (Å²) < 4.78 is 11.1. The molecule has 1 aromatic carbocycles. The summed E-state index contributed by atoms with van der Waals surface area (Å²) >= 11 is 0. The van der Waals surface area contributed by atoms with Gasteiger partial charge in [-0.05, 0) is 56.7 Å². The summed E-state index contributed by atoms with van der Waals surface area (Å²) in [4.78, 5) is 14.9. The molecule has 1 aliphatic heterocycles. The third kappa shape index (κ3) is 3.44. The van der Waals surface area contributed by atoms with E-state index in [0.717, 1.165) is 59.2 Å². The van der Waals surface area contributed by atoms with Crippen LogP contribution in [0.2, 0.25) is 0 Å². The first-order valence-corrected chi connectivity index (χ1v) is 9.10. The van der Waals surface area contributed by atoms with Crippen LogP contribution in [0, 0.1) is 6.92 Å². The normalized spacial score (nSPS) is 18.6. The summed E-state index contributed by atoms with van der Waals surface area (Å²) in [5.74, 6) is 0.837. The minimum atomic E-state index is 0.107. The Morgan fingerprint density at radius 1 is 1.40 bits per heavy atom. The zero-order chi connectivity index (χ0) is 18.0. The quantitative estimate of drug-likeness (QED) is 0.739. The van der Waals surface area contributed by atoms with Crippen molar-refractivity contribution >= 4 is 22.4 Å². The van der Waals surface area contributed by atoms with E-state index < -0.39 is 0 Å². The second-order valence-electron chi connectivity index (χ2n) is 6.88. The molecule has 25 heavy (non-hydrogen) atoms. The molecule has 1 fully saturated rings. The molecule has 1 amide bonds. The SMILES string of the molecule is CCC1CCCCN1C(=O)/C=C(\C)c1cc2c(C)coc2cc1OC. The molecule has 2 heterocycles. The maximum Gasteiger partial charge on any atom is 0.247 e. The van der Waals surface area contributed by atoms with E-state index in [0.29, 0.717) is 6.04 Å². The van der Waals surface area contributed by atoms with Gasteiger partial charge in [0, 0.05) is 35.7 Å². The minimum Gasteiger partial charge on any atom is -0.496 e. The van der Waals surface area contributed by atoms with E-state index in [1.807, 2.05) is 24.8 Å². The lowest BCUT2D eigenvalue weighted by Crippen LogP contribution is -2.42. The lowest BCUT2D eigenvalue weighted by atomic mass is 9.98. The summed E-state index contributed by atoms with van der Waals surface area (Å²) in [6.07, 6.45) is 7.94. The second kappa shape index (κ2) is 7.34. The average molecular weight is 341 g/mol. The van der Waals surface area contributed by atoms with Crippen LogP contribution in [0.5, 0.6) is 5.75 Å². The van der Waals surface area contributed by atoms with E-state index in [9.17, 15) is 4.79 Å². The van der Waals surface area contributed by atoms with Gasteiger partial charge in [0.2, 0.25) is 5.91 Å². The maximum atomic E-state index is 12.8. The Kier molecular flexibility index (Phi) is 5.16. The van der Waals surface area contributed by atoms with Crippen molar-refractivity contribution in [2.24, 2.45) is 0 Å². The van der Waals surface area contributed by atoms with Crippen molar-refractivity contribution in [2.45, 2.75) is 52.5 Å². The van der Waals surface area contributed by atoms with Crippen molar-refractivity contribution in [1.82, 2.24) is 4.90 Å².